The minimum atomic E-state index is -0.794. The van der Waals surface area contributed by atoms with E-state index in [-0.39, 0.29) is 23.6 Å². The van der Waals surface area contributed by atoms with Gasteiger partial charge in [-0.3, -0.25) is 18.9 Å². The normalized spacial score (nSPS) is 15.6. The van der Waals surface area contributed by atoms with Crippen LogP contribution in [0.2, 0.25) is 0 Å². The van der Waals surface area contributed by atoms with Crippen molar-refractivity contribution in [2.24, 2.45) is 0 Å². The summed E-state index contributed by atoms with van der Waals surface area (Å²) in [5, 5.41) is 13.8. The van der Waals surface area contributed by atoms with Gasteiger partial charge >= 0.3 is 0 Å². The number of carbonyl (C=O) groups is 1. The number of carbonyl (C=O) groups excluding carboxylic acids is 1. The van der Waals surface area contributed by atoms with Gasteiger partial charge in [-0.05, 0) is 36.6 Å². The average Bonchev–Trinajstić information content (AvgIpc) is 3.17. The number of unbranched alkanes of at least 4 members (excludes halogenated alkanes) is 4. The minimum Gasteiger partial charge on any atom is -0.387 e. The Hall–Kier alpha value is -3.01. The van der Waals surface area contributed by atoms with E-state index >= 15 is 0 Å². The molecule has 1 aromatic carbocycles. The van der Waals surface area contributed by atoms with Crippen molar-refractivity contribution in [3.05, 3.63) is 80.6 Å². The number of hydrogen-bond donors (Lipinski definition) is 2. The number of benzene rings is 1. The summed E-state index contributed by atoms with van der Waals surface area (Å²) in [7, 11) is 0. The van der Waals surface area contributed by atoms with Crippen molar-refractivity contribution in [3.63, 3.8) is 0 Å². The number of nitrogens with one attached hydrogen (secondary N) is 1. The van der Waals surface area contributed by atoms with Crippen molar-refractivity contribution in [3.8, 4) is 0 Å². The van der Waals surface area contributed by atoms with E-state index in [1.807, 2.05) is 43.3 Å². The molecule has 0 spiro atoms. The molecule has 1 aliphatic rings. The second-order valence-electron chi connectivity index (χ2n) is 9.12. The van der Waals surface area contributed by atoms with Gasteiger partial charge in [-0.15, -0.1) is 0 Å². The molecule has 2 N–H and O–H groups in total. The SMILES string of the molecule is CCCCCCCN1C(=O)C(=Cc2c(NCC(O)c3ccccc3)nc3c(C)cccn3c2=O)SC1=S. The van der Waals surface area contributed by atoms with Crippen molar-refractivity contribution in [1.82, 2.24) is 14.3 Å². The average molecular weight is 537 g/mol. The molecule has 2 aromatic heterocycles. The molecule has 1 fully saturated rings. The molecule has 0 aliphatic carbocycles. The number of aromatic nitrogens is 2. The Morgan fingerprint density at radius 2 is 1.86 bits per heavy atom. The van der Waals surface area contributed by atoms with Crippen LogP contribution in [0.3, 0.4) is 0 Å². The molecule has 1 aliphatic heterocycles. The highest BCUT2D eigenvalue weighted by molar-refractivity contribution is 8.26. The monoisotopic (exact) mass is 536 g/mol. The van der Waals surface area contributed by atoms with Crippen LogP contribution in [0.15, 0.2) is 58.4 Å². The van der Waals surface area contributed by atoms with Crippen LogP contribution in [0.4, 0.5) is 5.82 Å². The maximum absolute atomic E-state index is 13.6. The molecule has 0 radical (unpaired) electrons. The summed E-state index contributed by atoms with van der Waals surface area (Å²) in [6.07, 6.45) is 7.89. The van der Waals surface area contributed by atoms with Crippen LogP contribution in [-0.2, 0) is 4.79 Å². The highest BCUT2D eigenvalue weighted by Gasteiger charge is 2.32. The molecule has 1 unspecified atom stereocenters. The fourth-order valence-corrected chi connectivity index (χ4v) is 5.55. The van der Waals surface area contributed by atoms with Gasteiger partial charge in [0.1, 0.15) is 15.8 Å². The van der Waals surface area contributed by atoms with E-state index in [2.05, 4.69) is 12.2 Å². The first kappa shape index (κ1) is 27.0. The lowest BCUT2D eigenvalue weighted by molar-refractivity contribution is -0.122. The Morgan fingerprint density at radius 1 is 1.11 bits per heavy atom. The van der Waals surface area contributed by atoms with E-state index in [0.717, 1.165) is 36.8 Å². The molecule has 9 heteroatoms. The van der Waals surface area contributed by atoms with Crippen molar-refractivity contribution >= 4 is 51.7 Å². The molecule has 1 atom stereocenters. The second-order valence-corrected chi connectivity index (χ2v) is 10.8. The number of anilines is 1. The van der Waals surface area contributed by atoms with Gasteiger partial charge in [0.15, 0.2) is 0 Å². The summed E-state index contributed by atoms with van der Waals surface area (Å²) >= 11 is 6.70. The minimum absolute atomic E-state index is 0.151. The number of thioether (sulfide) groups is 1. The molecule has 4 rings (SSSR count). The fraction of sp³-hybridized carbons (Fsp3) is 0.357. The smallest absolute Gasteiger partial charge is 0.267 e. The number of rotatable bonds is 11. The number of aryl methyl sites for hydroxylation is 1. The van der Waals surface area contributed by atoms with Crippen LogP contribution in [0.25, 0.3) is 11.7 Å². The zero-order chi connectivity index (χ0) is 26.4. The predicted octanol–water partition coefficient (Wildman–Crippen LogP) is 5.32. The second kappa shape index (κ2) is 12.5. The molecule has 1 saturated heterocycles. The van der Waals surface area contributed by atoms with Crippen LogP contribution in [0.5, 0.6) is 0 Å². The molecular weight excluding hydrogens is 504 g/mol. The lowest BCUT2D eigenvalue weighted by atomic mass is 10.1. The number of nitrogens with zero attached hydrogens (tertiary/aromatic N) is 3. The van der Waals surface area contributed by atoms with Gasteiger partial charge in [0.2, 0.25) is 0 Å². The van der Waals surface area contributed by atoms with Crippen LogP contribution < -0.4 is 10.9 Å². The van der Waals surface area contributed by atoms with Gasteiger partial charge in [0, 0.05) is 19.3 Å². The Balaban J connectivity index is 1.63. The number of fused-ring (bicyclic) bond motifs is 1. The summed E-state index contributed by atoms with van der Waals surface area (Å²) in [4.78, 5) is 33.5. The third-order valence-corrected chi connectivity index (χ3v) is 7.74. The van der Waals surface area contributed by atoms with Gasteiger partial charge < -0.3 is 10.4 Å². The van der Waals surface area contributed by atoms with E-state index in [4.69, 9.17) is 17.2 Å². The first-order valence-corrected chi connectivity index (χ1v) is 13.9. The number of amides is 1. The molecule has 194 valence electrons. The molecule has 3 heterocycles. The predicted molar refractivity (Wildman–Crippen MR) is 155 cm³/mol. The fourth-order valence-electron chi connectivity index (χ4n) is 4.26. The lowest BCUT2D eigenvalue weighted by Gasteiger charge is -2.16. The highest BCUT2D eigenvalue weighted by atomic mass is 32.2. The van der Waals surface area contributed by atoms with E-state index < -0.39 is 6.10 Å². The van der Waals surface area contributed by atoms with Gasteiger partial charge in [-0.2, -0.15) is 0 Å². The lowest BCUT2D eigenvalue weighted by Crippen LogP contribution is -2.29. The summed E-state index contributed by atoms with van der Waals surface area (Å²) in [5.41, 5.74) is 2.07. The molecule has 1 amide bonds. The quantitative estimate of drug-likeness (QED) is 0.195. The van der Waals surface area contributed by atoms with E-state index in [0.29, 0.717) is 27.2 Å². The first-order valence-electron chi connectivity index (χ1n) is 12.6. The maximum atomic E-state index is 13.6. The maximum Gasteiger partial charge on any atom is 0.267 e. The molecular formula is C28H32N4O3S2. The summed E-state index contributed by atoms with van der Waals surface area (Å²) < 4.78 is 1.99. The van der Waals surface area contributed by atoms with E-state index in [1.165, 1.54) is 22.6 Å². The van der Waals surface area contributed by atoms with Gasteiger partial charge in [0.25, 0.3) is 11.5 Å². The van der Waals surface area contributed by atoms with Crippen LogP contribution in [0.1, 0.15) is 61.8 Å². The van der Waals surface area contributed by atoms with Crippen molar-refractivity contribution < 1.29 is 9.90 Å². The van der Waals surface area contributed by atoms with E-state index in [1.54, 1.807) is 23.2 Å². The van der Waals surface area contributed by atoms with Crippen LogP contribution in [0, 0.1) is 6.92 Å². The van der Waals surface area contributed by atoms with Crippen LogP contribution in [-0.4, -0.2) is 42.7 Å². The summed E-state index contributed by atoms with van der Waals surface area (Å²) in [5.74, 6) is 0.133. The van der Waals surface area contributed by atoms with Crippen molar-refractivity contribution in [2.45, 2.75) is 52.1 Å². The Labute approximate surface area is 226 Å². The van der Waals surface area contributed by atoms with Crippen LogP contribution >= 0.6 is 24.0 Å². The Kier molecular flexibility index (Phi) is 9.13. The Morgan fingerprint density at radius 3 is 2.62 bits per heavy atom. The van der Waals surface area contributed by atoms with Crippen molar-refractivity contribution in [1.29, 1.82) is 0 Å². The number of aliphatic hydroxyl groups is 1. The molecule has 3 aromatic rings. The third kappa shape index (κ3) is 6.29. The van der Waals surface area contributed by atoms with Gasteiger partial charge in [-0.1, -0.05) is 93.0 Å². The zero-order valence-electron chi connectivity index (χ0n) is 21.1. The zero-order valence-corrected chi connectivity index (χ0v) is 22.8. The largest absolute Gasteiger partial charge is 0.387 e. The van der Waals surface area contributed by atoms with Gasteiger partial charge in [-0.25, -0.2) is 4.98 Å². The third-order valence-electron chi connectivity index (χ3n) is 6.37. The standard InChI is InChI=1S/C28H32N4O3S2/c1-3-4-5-6-10-15-32-27(35)23(37-28(32)36)17-21-24(29-18-22(33)20-13-8-7-9-14-20)30-25-19(2)12-11-16-31(25)26(21)34/h7-9,11-14,16-17,22,29,33H,3-6,10,15,18H2,1-2H3. The first-order chi connectivity index (χ1) is 17.9. The van der Waals surface area contributed by atoms with Gasteiger partial charge in [0.05, 0.1) is 16.6 Å². The number of pyridine rings is 1. The highest BCUT2D eigenvalue weighted by Crippen LogP contribution is 2.33. The molecule has 37 heavy (non-hydrogen) atoms. The van der Waals surface area contributed by atoms with E-state index in [9.17, 15) is 14.7 Å². The van der Waals surface area contributed by atoms with Crippen molar-refractivity contribution in [2.75, 3.05) is 18.4 Å². The summed E-state index contributed by atoms with van der Waals surface area (Å²) in [6, 6.07) is 13.0. The topological polar surface area (TPSA) is 86.9 Å². The Bertz CT molecular complexity index is 1370. The molecule has 0 saturated carbocycles. The molecule has 7 nitrogen and oxygen atoms in total. The number of hydrogen-bond acceptors (Lipinski definition) is 7. The number of thiocarbonyl (C=S) groups is 1. The number of aliphatic hydroxyl groups excluding tert-OH is 1. The molecule has 0 bridgehead atoms. The summed E-state index contributed by atoms with van der Waals surface area (Å²) in [6.45, 7) is 4.78.